The van der Waals surface area contributed by atoms with Crippen molar-refractivity contribution in [2.45, 2.75) is 18.3 Å². The second kappa shape index (κ2) is 4.64. The highest BCUT2D eigenvalue weighted by Gasteiger charge is 2.35. The average Bonchev–Trinajstić information content (AvgIpc) is 2.68. The number of benzene rings is 1. The molecular weight excluding hydrogens is 254 g/mol. The van der Waals surface area contributed by atoms with Gasteiger partial charge in [-0.2, -0.15) is 0 Å². The molecule has 1 aliphatic heterocycles. The first-order valence-electron chi connectivity index (χ1n) is 5.31. The molecule has 82 valence electrons. The minimum absolute atomic E-state index is 0.151. The van der Waals surface area contributed by atoms with Crippen molar-refractivity contribution in [1.82, 2.24) is 0 Å². The van der Waals surface area contributed by atoms with Crippen molar-refractivity contribution in [3.05, 3.63) is 34.3 Å². The van der Waals surface area contributed by atoms with Crippen molar-refractivity contribution >= 4 is 15.9 Å². The standard InChI is InChI=1S/C12H16BrNO/c13-11-3-1-2-10(8-11)12(4-6-14)5-7-15-9-12/h1-3,8H,4-7,9,14H2. The highest BCUT2D eigenvalue weighted by molar-refractivity contribution is 9.10. The molecule has 1 aromatic carbocycles. The molecule has 1 aromatic rings. The number of rotatable bonds is 3. The Labute approximate surface area is 98.9 Å². The Morgan fingerprint density at radius 3 is 2.93 bits per heavy atom. The minimum atomic E-state index is 0.151. The molecule has 0 amide bonds. The Hall–Kier alpha value is -0.380. The van der Waals surface area contributed by atoms with E-state index in [1.807, 2.05) is 0 Å². The average molecular weight is 270 g/mol. The van der Waals surface area contributed by atoms with Crippen LogP contribution in [0.5, 0.6) is 0 Å². The van der Waals surface area contributed by atoms with Gasteiger partial charge >= 0.3 is 0 Å². The lowest BCUT2D eigenvalue weighted by molar-refractivity contribution is 0.175. The third-order valence-electron chi connectivity index (χ3n) is 3.16. The van der Waals surface area contributed by atoms with Crippen LogP contribution in [0.1, 0.15) is 18.4 Å². The third kappa shape index (κ3) is 2.25. The van der Waals surface area contributed by atoms with Gasteiger partial charge in [-0.25, -0.2) is 0 Å². The highest BCUT2D eigenvalue weighted by atomic mass is 79.9. The molecule has 0 aromatic heterocycles. The fraction of sp³-hybridized carbons (Fsp3) is 0.500. The number of halogens is 1. The van der Waals surface area contributed by atoms with Crippen molar-refractivity contribution in [2.24, 2.45) is 5.73 Å². The van der Waals surface area contributed by atoms with Crippen LogP contribution in [0.25, 0.3) is 0 Å². The molecule has 1 heterocycles. The van der Waals surface area contributed by atoms with Crippen LogP contribution >= 0.6 is 15.9 Å². The zero-order valence-corrected chi connectivity index (χ0v) is 10.3. The first-order valence-corrected chi connectivity index (χ1v) is 6.10. The summed E-state index contributed by atoms with van der Waals surface area (Å²) < 4.78 is 6.66. The molecule has 1 saturated heterocycles. The molecule has 0 aliphatic carbocycles. The summed E-state index contributed by atoms with van der Waals surface area (Å²) in [6, 6.07) is 8.49. The van der Waals surface area contributed by atoms with Crippen LogP contribution in [0, 0.1) is 0 Å². The summed E-state index contributed by atoms with van der Waals surface area (Å²) >= 11 is 3.51. The second-order valence-electron chi connectivity index (χ2n) is 4.13. The van der Waals surface area contributed by atoms with Gasteiger partial charge in [0, 0.05) is 16.5 Å². The van der Waals surface area contributed by atoms with Gasteiger partial charge < -0.3 is 10.5 Å². The van der Waals surface area contributed by atoms with Crippen LogP contribution in [0.15, 0.2) is 28.7 Å². The fourth-order valence-electron chi connectivity index (χ4n) is 2.27. The zero-order valence-electron chi connectivity index (χ0n) is 8.71. The van der Waals surface area contributed by atoms with Gasteiger partial charge in [-0.05, 0) is 37.1 Å². The van der Waals surface area contributed by atoms with Crippen molar-refractivity contribution in [1.29, 1.82) is 0 Å². The Morgan fingerprint density at radius 2 is 2.33 bits per heavy atom. The summed E-state index contributed by atoms with van der Waals surface area (Å²) in [5.74, 6) is 0. The minimum Gasteiger partial charge on any atom is -0.380 e. The Kier molecular flexibility index (Phi) is 3.44. The number of ether oxygens (including phenoxy) is 1. The van der Waals surface area contributed by atoms with E-state index in [4.69, 9.17) is 10.5 Å². The lowest BCUT2D eigenvalue weighted by Crippen LogP contribution is -2.29. The predicted molar refractivity (Wildman–Crippen MR) is 64.9 cm³/mol. The van der Waals surface area contributed by atoms with E-state index in [0.29, 0.717) is 0 Å². The van der Waals surface area contributed by atoms with Crippen molar-refractivity contribution < 1.29 is 4.74 Å². The van der Waals surface area contributed by atoms with Crippen molar-refractivity contribution in [3.8, 4) is 0 Å². The summed E-state index contributed by atoms with van der Waals surface area (Å²) in [4.78, 5) is 0. The van der Waals surface area contributed by atoms with Gasteiger partial charge in [-0.1, -0.05) is 28.1 Å². The van der Waals surface area contributed by atoms with Gasteiger partial charge in [0.2, 0.25) is 0 Å². The third-order valence-corrected chi connectivity index (χ3v) is 3.66. The normalized spacial score (nSPS) is 25.7. The molecule has 15 heavy (non-hydrogen) atoms. The molecule has 1 aliphatic rings. The van der Waals surface area contributed by atoms with Crippen LogP contribution < -0.4 is 5.73 Å². The second-order valence-corrected chi connectivity index (χ2v) is 5.05. The number of hydrogen-bond donors (Lipinski definition) is 1. The van der Waals surface area contributed by atoms with Crippen LogP contribution in [0.2, 0.25) is 0 Å². The number of nitrogens with two attached hydrogens (primary N) is 1. The van der Waals surface area contributed by atoms with E-state index >= 15 is 0 Å². The van der Waals surface area contributed by atoms with E-state index in [-0.39, 0.29) is 5.41 Å². The van der Waals surface area contributed by atoms with Gasteiger partial charge in [-0.15, -0.1) is 0 Å². The molecule has 1 atom stereocenters. The first kappa shape index (κ1) is 11.1. The fourth-order valence-corrected chi connectivity index (χ4v) is 2.67. The molecule has 0 saturated carbocycles. The quantitative estimate of drug-likeness (QED) is 0.915. The Bertz CT molecular complexity index is 334. The first-order chi connectivity index (χ1) is 7.27. The number of hydrogen-bond acceptors (Lipinski definition) is 2. The SMILES string of the molecule is NCCC1(c2cccc(Br)c2)CCOC1. The van der Waals surface area contributed by atoms with Gasteiger partial charge in [-0.3, -0.25) is 0 Å². The topological polar surface area (TPSA) is 35.2 Å². The maximum Gasteiger partial charge on any atom is 0.0564 e. The molecule has 0 spiro atoms. The van der Waals surface area contributed by atoms with Gasteiger partial charge in [0.25, 0.3) is 0 Å². The summed E-state index contributed by atoms with van der Waals surface area (Å²) in [6.45, 7) is 2.38. The Morgan fingerprint density at radius 1 is 1.47 bits per heavy atom. The molecule has 0 radical (unpaired) electrons. The molecule has 2 rings (SSSR count). The molecule has 1 fully saturated rings. The van der Waals surface area contributed by atoms with E-state index in [1.165, 1.54) is 5.56 Å². The smallest absolute Gasteiger partial charge is 0.0564 e. The van der Waals surface area contributed by atoms with Gasteiger partial charge in [0.05, 0.1) is 6.61 Å². The predicted octanol–water partition coefficient (Wildman–Crippen LogP) is 2.46. The van der Waals surface area contributed by atoms with Crippen LogP contribution in [0.4, 0.5) is 0 Å². The maximum atomic E-state index is 5.70. The van der Waals surface area contributed by atoms with Gasteiger partial charge in [0.1, 0.15) is 0 Å². The van der Waals surface area contributed by atoms with Crippen LogP contribution in [-0.4, -0.2) is 19.8 Å². The monoisotopic (exact) mass is 269 g/mol. The Balaban J connectivity index is 2.31. The highest BCUT2D eigenvalue weighted by Crippen LogP contribution is 2.36. The molecular formula is C12H16BrNO. The molecule has 2 nitrogen and oxygen atoms in total. The van der Waals surface area contributed by atoms with E-state index in [2.05, 4.69) is 40.2 Å². The van der Waals surface area contributed by atoms with Crippen LogP contribution in [-0.2, 0) is 10.2 Å². The largest absolute Gasteiger partial charge is 0.380 e. The van der Waals surface area contributed by atoms with Crippen LogP contribution in [0.3, 0.4) is 0 Å². The maximum absolute atomic E-state index is 5.70. The molecule has 1 unspecified atom stereocenters. The summed E-state index contributed by atoms with van der Waals surface area (Å²) in [7, 11) is 0. The van der Waals surface area contributed by atoms with E-state index in [0.717, 1.165) is 37.1 Å². The summed E-state index contributed by atoms with van der Waals surface area (Å²) in [6.07, 6.45) is 2.09. The molecule has 3 heteroatoms. The van der Waals surface area contributed by atoms with E-state index in [9.17, 15) is 0 Å². The zero-order chi connectivity index (χ0) is 10.7. The van der Waals surface area contributed by atoms with Gasteiger partial charge in [0.15, 0.2) is 0 Å². The van der Waals surface area contributed by atoms with E-state index < -0.39 is 0 Å². The lowest BCUT2D eigenvalue weighted by Gasteiger charge is -2.27. The van der Waals surface area contributed by atoms with E-state index in [1.54, 1.807) is 0 Å². The summed E-state index contributed by atoms with van der Waals surface area (Å²) in [5.41, 5.74) is 7.20. The molecule has 0 bridgehead atoms. The van der Waals surface area contributed by atoms with Crippen molar-refractivity contribution in [3.63, 3.8) is 0 Å². The lowest BCUT2D eigenvalue weighted by atomic mass is 9.77. The van der Waals surface area contributed by atoms with Crippen molar-refractivity contribution in [2.75, 3.05) is 19.8 Å². The summed E-state index contributed by atoms with van der Waals surface area (Å²) in [5, 5.41) is 0. The molecule has 2 N–H and O–H groups in total.